The summed E-state index contributed by atoms with van der Waals surface area (Å²) in [5.41, 5.74) is 7.45. The zero-order valence-electron chi connectivity index (χ0n) is 18.6. The zero-order chi connectivity index (χ0) is 24.4. The van der Waals surface area contributed by atoms with Crippen LogP contribution in [0.5, 0.6) is 0 Å². The van der Waals surface area contributed by atoms with Gasteiger partial charge in [0, 0.05) is 29.6 Å². The van der Waals surface area contributed by atoms with Gasteiger partial charge in [0.05, 0.1) is 27.7 Å². The molecule has 4 rings (SSSR count). The average Bonchev–Trinajstić information content (AvgIpc) is 3.43. The summed E-state index contributed by atoms with van der Waals surface area (Å²) in [5, 5.41) is 3.68. The number of rotatable bonds is 7. The SMILES string of the molecule is C[C@H](NC(=O)c1ccc(C(=O)N2CCCC2CCC(N)=O)c(Cl)c1)c1nc2ccc(Cl)cc2[nH]1. The predicted molar refractivity (Wildman–Crippen MR) is 131 cm³/mol. The molecule has 178 valence electrons. The maximum absolute atomic E-state index is 13.1. The van der Waals surface area contributed by atoms with Crippen molar-refractivity contribution in [3.8, 4) is 0 Å². The molecule has 1 saturated heterocycles. The first kappa shape index (κ1) is 24.0. The van der Waals surface area contributed by atoms with E-state index in [1.54, 1.807) is 35.2 Å². The second-order valence-electron chi connectivity index (χ2n) is 8.47. The summed E-state index contributed by atoms with van der Waals surface area (Å²) in [6.45, 7) is 2.41. The van der Waals surface area contributed by atoms with E-state index in [-0.39, 0.29) is 35.2 Å². The largest absolute Gasteiger partial charge is 0.370 e. The van der Waals surface area contributed by atoms with E-state index in [2.05, 4.69) is 15.3 Å². The Morgan fingerprint density at radius 2 is 2.03 bits per heavy atom. The molecule has 2 aromatic carbocycles. The van der Waals surface area contributed by atoms with Gasteiger partial charge < -0.3 is 20.9 Å². The van der Waals surface area contributed by atoms with Crippen LogP contribution >= 0.6 is 23.2 Å². The van der Waals surface area contributed by atoms with E-state index in [4.69, 9.17) is 28.9 Å². The summed E-state index contributed by atoms with van der Waals surface area (Å²) in [5.74, 6) is -0.335. The van der Waals surface area contributed by atoms with Gasteiger partial charge in [0.1, 0.15) is 5.82 Å². The summed E-state index contributed by atoms with van der Waals surface area (Å²) in [6.07, 6.45) is 2.45. The molecule has 34 heavy (non-hydrogen) atoms. The summed E-state index contributed by atoms with van der Waals surface area (Å²) in [4.78, 5) is 46.4. The third-order valence-corrected chi connectivity index (χ3v) is 6.59. The molecule has 2 atom stereocenters. The first-order valence-corrected chi connectivity index (χ1v) is 11.8. The Morgan fingerprint density at radius 1 is 1.24 bits per heavy atom. The number of likely N-dealkylation sites (tertiary alicyclic amines) is 1. The van der Waals surface area contributed by atoms with Crippen LogP contribution in [0.3, 0.4) is 0 Å². The third kappa shape index (κ3) is 5.18. The minimum atomic E-state index is -0.394. The van der Waals surface area contributed by atoms with E-state index in [1.165, 1.54) is 6.07 Å². The highest BCUT2D eigenvalue weighted by Gasteiger charge is 2.30. The van der Waals surface area contributed by atoms with E-state index in [0.29, 0.717) is 34.9 Å². The zero-order valence-corrected chi connectivity index (χ0v) is 20.1. The topological polar surface area (TPSA) is 121 Å². The van der Waals surface area contributed by atoms with Gasteiger partial charge in [0.2, 0.25) is 5.91 Å². The highest BCUT2D eigenvalue weighted by atomic mass is 35.5. The summed E-state index contributed by atoms with van der Waals surface area (Å²) in [6, 6.07) is 9.53. The molecule has 1 aliphatic rings. The van der Waals surface area contributed by atoms with E-state index in [9.17, 15) is 14.4 Å². The first-order valence-electron chi connectivity index (χ1n) is 11.1. The normalized spacial score (nSPS) is 16.6. The Bertz CT molecular complexity index is 1260. The van der Waals surface area contributed by atoms with Gasteiger partial charge in [-0.25, -0.2) is 4.98 Å². The molecular formula is C24H25Cl2N5O3. The number of nitrogens with two attached hydrogens (primary N) is 1. The Balaban J connectivity index is 1.44. The number of carbonyl (C=O) groups is 3. The van der Waals surface area contributed by atoms with Crippen LogP contribution in [0.15, 0.2) is 36.4 Å². The molecule has 0 bridgehead atoms. The number of aromatic nitrogens is 2. The second-order valence-corrected chi connectivity index (χ2v) is 9.32. The molecule has 8 nitrogen and oxygen atoms in total. The quantitative estimate of drug-likeness (QED) is 0.448. The summed E-state index contributed by atoms with van der Waals surface area (Å²) in [7, 11) is 0. The molecule has 2 heterocycles. The maximum atomic E-state index is 13.1. The number of hydrogen-bond donors (Lipinski definition) is 3. The van der Waals surface area contributed by atoms with Crippen molar-refractivity contribution < 1.29 is 14.4 Å². The Hall–Kier alpha value is -3.10. The van der Waals surface area contributed by atoms with Gasteiger partial charge in [-0.05, 0) is 62.6 Å². The number of benzene rings is 2. The number of nitrogens with one attached hydrogen (secondary N) is 2. The molecule has 1 aromatic heterocycles. The van der Waals surface area contributed by atoms with Gasteiger partial charge >= 0.3 is 0 Å². The molecule has 1 fully saturated rings. The Labute approximate surface area is 206 Å². The van der Waals surface area contributed by atoms with Gasteiger partial charge in [-0.2, -0.15) is 0 Å². The molecule has 10 heteroatoms. The number of amides is 3. The van der Waals surface area contributed by atoms with Crippen LogP contribution in [0.2, 0.25) is 10.0 Å². The van der Waals surface area contributed by atoms with E-state index >= 15 is 0 Å². The fourth-order valence-electron chi connectivity index (χ4n) is 4.25. The first-order chi connectivity index (χ1) is 16.2. The lowest BCUT2D eigenvalue weighted by atomic mass is 10.1. The van der Waals surface area contributed by atoms with Crippen LogP contribution in [0, 0.1) is 0 Å². The molecule has 4 N–H and O–H groups in total. The van der Waals surface area contributed by atoms with Crippen LogP contribution in [0.4, 0.5) is 0 Å². The molecule has 1 aliphatic heterocycles. The van der Waals surface area contributed by atoms with E-state index in [1.807, 2.05) is 6.92 Å². The van der Waals surface area contributed by atoms with Crippen LogP contribution in [0.1, 0.15) is 65.2 Å². The van der Waals surface area contributed by atoms with Crippen molar-refractivity contribution in [3.05, 3.63) is 63.4 Å². The predicted octanol–water partition coefficient (Wildman–Crippen LogP) is 4.23. The average molecular weight is 502 g/mol. The number of fused-ring (bicyclic) bond motifs is 1. The number of primary amides is 1. The number of aromatic amines is 1. The molecule has 1 unspecified atom stereocenters. The van der Waals surface area contributed by atoms with Crippen molar-refractivity contribution in [1.29, 1.82) is 0 Å². The number of carbonyl (C=O) groups excluding carboxylic acids is 3. The number of halogens is 2. The minimum absolute atomic E-state index is 0.0430. The third-order valence-electron chi connectivity index (χ3n) is 6.04. The molecule has 0 spiro atoms. The van der Waals surface area contributed by atoms with Gasteiger partial charge in [-0.3, -0.25) is 14.4 Å². The van der Waals surface area contributed by atoms with Gasteiger partial charge in [-0.15, -0.1) is 0 Å². The second kappa shape index (κ2) is 10.0. The highest BCUT2D eigenvalue weighted by molar-refractivity contribution is 6.34. The van der Waals surface area contributed by atoms with Crippen LogP contribution in [-0.2, 0) is 4.79 Å². The van der Waals surface area contributed by atoms with Crippen LogP contribution in [-0.4, -0.2) is 45.2 Å². The van der Waals surface area contributed by atoms with Crippen LogP contribution in [0.25, 0.3) is 11.0 Å². The lowest BCUT2D eigenvalue weighted by Crippen LogP contribution is -2.36. The number of H-pyrrole nitrogens is 1. The van der Waals surface area contributed by atoms with Crippen LogP contribution < -0.4 is 11.1 Å². The van der Waals surface area contributed by atoms with Crippen molar-refractivity contribution in [2.75, 3.05) is 6.54 Å². The van der Waals surface area contributed by atoms with Gasteiger partial charge in [-0.1, -0.05) is 23.2 Å². The fourth-order valence-corrected chi connectivity index (χ4v) is 4.69. The van der Waals surface area contributed by atoms with Crippen molar-refractivity contribution in [2.24, 2.45) is 5.73 Å². The van der Waals surface area contributed by atoms with E-state index < -0.39 is 6.04 Å². The number of hydrogen-bond acceptors (Lipinski definition) is 4. The van der Waals surface area contributed by atoms with Crippen molar-refractivity contribution in [3.63, 3.8) is 0 Å². The highest BCUT2D eigenvalue weighted by Crippen LogP contribution is 2.27. The number of nitrogens with zero attached hydrogens (tertiary/aromatic N) is 2. The fraction of sp³-hybridized carbons (Fsp3) is 0.333. The van der Waals surface area contributed by atoms with Crippen molar-refractivity contribution in [2.45, 2.75) is 44.7 Å². The molecule has 3 amide bonds. The Kier molecular flexibility index (Phi) is 7.09. The maximum Gasteiger partial charge on any atom is 0.255 e. The molecule has 0 aliphatic carbocycles. The van der Waals surface area contributed by atoms with Gasteiger partial charge in [0.25, 0.3) is 11.8 Å². The monoisotopic (exact) mass is 501 g/mol. The van der Waals surface area contributed by atoms with Crippen molar-refractivity contribution in [1.82, 2.24) is 20.2 Å². The molecule has 0 radical (unpaired) electrons. The summed E-state index contributed by atoms with van der Waals surface area (Å²) < 4.78 is 0. The van der Waals surface area contributed by atoms with E-state index in [0.717, 1.165) is 23.9 Å². The smallest absolute Gasteiger partial charge is 0.255 e. The molecule has 3 aromatic rings. The van der Waals surface area contributed by atoms with Crippen molar-refractivity contribution >= 4 is 52.0 Å². The van der Waals surface area contributed by atoms with Gasteiger partial charge in [0.15, 0.2) is 0 Å². The lowest BCUT2D eigenvalue weighted by Gasteiger charge is -2.25. The minimum Gasteiger partial charge on any atom is -0.370 e. The molecule has 0 saturated carbocycles. The Morgan fingerprint density at radius 3 is 2.76 bits per heavy atom. The lowest BCUT2D eigenvalue weighted by molar-refractivity contribution is -0.118. The standard InChI is InChI=1S/C24H25Cl2N5O3/c1-13(22-29-19-8-5-15(25)12-20(19)30-22)28-23(33)14-4-7-17(18(26)11-14)24(34)31-10-2-3-16(31)6-9-21(27)32/h4-5,7-8,11-13,16H,2-3,6,9-10H2,1H3,(H2,27,32)(H,28,33)(H,29,30)/t13-,16?/m0/s1. The summed E-state index contributed by atoms with van der Waals surface area (Å²) >= 11 is 12.4. The molecular weight excluding hydrogens is 477 g/mol. The number of imidazole rings is 1.